The summed E-state index contributed by atoms with van der Waals surface area (Å²) in [4.78, 5) is 12.1. The van der Waals surface area contributed by atoms with Gasteiger partial charge in [0.15, 0.2) is 0 Å². The van der Waals surface area contributed by atoms with E-state index >= 15 is 0 Å². The molecule has 1 saturated heterocycles. The molecule has 0 aromatic carbocycles. The van der Waals surface area contributed by atoms with Crippen LogP contribution < -0.4 is 10.6 Å². The predicted molar refractivity (Wildman–Crippen MR) is 77.1 cm³/mol. The Morgan fingerprint density at radius 2 is 2.00 bits per heavy atom. The van der Waals surface area contributed by atoms with Crippen LogP contribution in [0.3, 0.4) is 0 Å². The number of piperidine rings is 1. The van der Waals surface area contributed by atoms with Crippen molar-refractivity contribution < 1.29 is 4.79 Å². The van der Waals surface area contributed by atoms with Gasteiger partial charge in [0, 0.05) is 6.54 Å². The molecule has 2 fully saturated rings. The van der Waals surface area contributed by atoms with Crippen LogP contribution >= 0.6 is 12.4 Å². The van der Waals surface area contributed by atoms with E-state index in [-0.39, 0.29) is 23.9 Å². The van der Waals surface area contributed by atoms with Crippen molar-refractivity contribution in [3.05, 3.63) is 0 Å². The lowest BCUT2D eigenvalue weighted by Gasteiger charge is -2.33. The van der Waals surface area contributed by atoms with Crippen molar-refractivity contribution in [3.8, 4) is 0 Å². The molecule has 18 heavy (non-hydrogen) atoms. The quantitative estimate of drug-likeness (QED) is 0.828. The maximum Gasteiger partial charge on any atom is 0.240 e. The average Bonchev–Trinajstić information content (AvgIpc) is 2.83. The molecule has 1 unspecified atom stereocenters. The number of hydrogen-bond acceptors (Lipinski definition) is 2. The molecule has 1 heterocycles. The largest absolute Gasteiger partial charge is 0.354 e. The number of rotatable bonds is 4. The summed E-state index contributed by atoms with van der Waals surface area (Å²) >= 11 is 0. The smallest absolute Gasteiger partial charge is 0.240 e. The minimum atomic E-state index is -0.312. The molecular formula is C14H27ClN2O. The molecule has 2 aliphatic rings. The van der Waals surface area contributed by atoms with Gasteiger partial charge in [0.05, 0.1) is 5.54 Å². The van der Waals surface area contributed by atoms with E-state index in [1.165, 1.54) is 44.9 Å². The second-order valence-electron chi connectivity index (χ2n) is 5.91. The van der Waals surface area contributed by atoms with Gasteiger partial charge in [0.25, 0.3) is 0 Å². The average molecular weight is 275 g/mol. The molecule has 3 nitrogen and oxygen atoms in total. The van der Waals surface area contributed by atoms with Crippen LogP contribution in [-0.4, -0.2) is 24.5 Å². The molecule has 2 N–H and O–H groups in total. The van der Waals surface area contributed by atoms with Gasteiger partial charge in [-0.15, -0.1) is 12.4 Å². The molecule has 0 bridgehead atoms. The van der Waals surface area contributed by atoms with Crippen LogP contribution in [0.15, 0.2) is 0 Å². The van der Waals surface area contributed by atoms with E-state index in [9.17, 15) is 4.79 Å². The molecule has 0 spiro atoms. The van der Waals surface area contributed by atoms with Crippen LogP contribution in [0.4, 0.5) is 0 Å². The second kappa shape index (κ2) is 7.34. The number of carbonyl (C=O) groups is 1. The maximum atomic E-state index is 12.1. The first-order valence-electron chi connectivity index (χ1n) is 7.24. The van der Waals surface area contributed by atoms with E-state index in [0.29, 0.717) is 0 Å². The number of hydrogen-bond donors (Lipinski definition) is 2. The van der Waals surface area contributed by atoms with Crippen LogP contribution in [0, 0.1) is 5.92 Å². The van der Waals surface area contributed by atoms with Gasteiger partial charge in [-0.25, -0.2) is 0 Å². The summed E-state index contributed by atoms with van der Waals surface area (Å²) < 4.78 is 0. The van der Waals surface area contributed by atoms with Crippen molar-refractivity contribution in [1.29, 1.82) is 0 Å². The Kier molecular flexibility index (Phi) is 6.44. The topological polar surface area (TPSA) is 41.1 Å². The molecular weight excluding hydrogens is 248 g/mol. The van der Waals surface area contributed by atoms with E-state index in [1.54, 1.807) is 0 Å². The number of nitrogens with one attached hydrogen (secondary N) is 2. The third-order valence-electron chi connectivity index (χ3n) is 4.43. The van der Waals surface area contributed by atoms with Gasteiger partial charge in [-0.05, 0) is 45.1 Å². The number of halogens is 1. The fraction of sp³-hybridized carbons (Fsp3) is 0.929. The van der Waals surface area contributed by atoms with Gasteiger partial charge in [-0.3, -0.25) is 4.79 Å². The Bertz CT molecular complexity index is 259. The lowest BCUT2D eigenvalue weighted by atomic mass is 9.90. The zero-order chi connectivity index (χ0) is 12.1. The second-order valence-corrected chi connectivity index (χ2v) is 5.91. The zero-order valence-corrected chi connectivity index (χ0v) is 12.3. The minimum Gasteiger partial charge on any atom is -0.354 e. The molecule has 106 valence electrons. The Morgan fingerprint density at radius 3 is 2.61 bits per heavy atom. The molecule has 1 atom stereocenters. The Hall–Kier alpha value is -0.280. The highest BCUT2D eigenvalue weighted by Gasteiger charge is 2.33. The van der Waals surface area contributed by atoms with E-state index in [2.05, 4.69) is 10.6 Å². The van der Waals surface area contributed by atoms with Crippen LogP contribution in [0.5, 0.6) is 0 Å². The summed E-state index contributed by atoms with van der Waals surface area (Å²) in [6.07, 6.45) is 10.0. The van der Waals surface area contributed by atoms with Crippen molar-refractivity contribution in [2.24, 2.45) is 5.92 Å². The number of carbonyl (C=O) groups excluding carboxylic acids is 1. The third kappa shape index (κ3) is 4.13. The van der Waals surface area contributed by atoms with Gasteiger partial charge in [0.2, 0.25) is 5.91 Å². The van der Waals surface area contributed by atoms with Gasteiger partial charge in [-0.1, -0.05) is 25.7 Å². The van der Waals surface area contributed by atoms with Gasteiger partial charge >= 0.3 is 0 Å². The van der Waals surface area contributed by atoms with E-state index in [4.69, 9.17) is 0 Å². The van der Waals surface area contributed by atoms with Crippen molar-refractivity contribution in [2.75, 3.05) is 13.1 Å². The zero-order valence-electron chi connectivity index (χ0n) is 11.5. The summed E-state index contributed by atoms with van der Waals surface area (Å²) in [6.45, 7) is 3.88. The Labute approximate surface area is 117 Å². The highest BCUT2D eigenvalue weighted by atomic mass is 35.5. The van der Waals surface area contributed by atoms with Crippen molar-refractivity contribution >= 4 is 18.3 Å². The minimum absolute atomic E-state index is 0. The molecule has 4 heteroatoms. The first-order valence-corrected chi connectivity index (χ1v) is 7.24. The molecule has 0 aromatic heterocycles. The summed E-state index contributed by atoms with van der Waals surface area (Å²) in [5.41, 5.74) is -0.312. The van der Waals surface area contributed by atoms with Crippen LogP contribution in [-0.2, 0) is 4.79 Å². The number of amides is 1. The molecule has 0 aromatic rings. The van der Waals surface area contributed by atoms with E-state index in [1.807, 2.05) is 6.92 Å². The van der Waals surface area contributed by atoms with Crippen LogP contribution in [0.25, 0.3) is 0 Å². The fourth-order valence-corrected chi connectivity index (χ4v) is 3.13. The van der Waals surface area contributed by atoms with E-state index in [0.717, 1.165) is 25.4 Å². The Balaban J connectivity index is 0.00000162. The SMILES string of the molecule is CC1(C(=O)NCCC2CCCC2)CCCCN1.Cl. The summed E-state index contributed by atoms with van der Waals surface area (Å²) in [7, 11) is 0. The maximum absolute atomic E-state index is 12.1. The van der Waals surface area contributed by atoms with Crippen molar-refractivity contribution in [2.45, 2.75) is 63.8 Å². The highest BCUT2D eigenvalue weighted by molar-refractivity contribution is 5.86. The van der Waals surface area contributed by atoms with Crippen molar-refractivity contribution in [3.63, 3.8) is 0 Å². The standard InChI is InChI=1S/C14H26N2O.ClH/c1-14(9-4-5-10-16-14)13(17)15-11-8-12-6-2-3-7-12;/h12,16H,2-11H2,1H3,(H,15,17);1H. The molecule has 1 amide bonds. The Morgan fingerprint density at radius 1 is 1.28 bits per heavy atom. The van der Waals surface area contributed by atoms with Gasteiger partial charge < -0.3 is 10.6 Å². The first-order chi connectivity index (χ1) is 8.21. The van der Waals surface area contributed by atoms with Crippen molar-refractivity contribution in [1.82, 2.24) is 10.6 Å². The lowest BCUT2D eigenvalue weighted by Crippen LogP contribution is -2.57. The summed E-state index contributed by atoms with van der Waals surface area (Å²) in [5, 5.41) is 6.48. The third-order valence-corrected chi connectivity index (χ3v) is 4.43. The van der Waals surface area contributed by atoms with E-state index < -0.39 is 0 Å². The fourth-order valence-electron chi connectivity index (χ4n) is 3.13. The van der Waals surface area contributed by atoms with Crippen LogP contribution in [0.2, 0.25) is 0 Å². The monoisotopic (exact) mass is 274 g/mol. The predicted octanol–water partition coefficient (Wildman–Crippen LogP) is 2.64. The van der Waals surface area contributed by atoms with Gasteiger partial charge in [0.1, 0.15) is 0 Å². The molecule has 0 radical (unpaired) electrons. The normalized spacial score (nSPS) is 28.7. The van der Waals surface area contributed by atoms with Crippen LogP contribution in [0.1, 0.15) is 58.3 Å². The molecule has 1 aliphatic heterocycles. The molecule has 2 rings (SSSR count). The first kappa shape index (κ1) is 15.8. The highest BCUT2D eigenvalue weighted by Crippen LogP contribution is 2.27. The van der Waals surface area contributed by atoms with Gasteiger partial charge in [-0.2, -0.15) is 0 Å². The summed E-state index contributed by atoms with van der Waals surface area (Å²) in [5.74, 6) is 1.07. The lowest BCUT2D eigenvalue weighted by molar-refractivity contribution is -0.127. The molecule has 1 saturated carbocycles. The molecule has 1 aliphatic carbocycles. The summed E-state index contributed by atoms with van der Waals surface area (Å²) in [6, 6.07) is 0.